The Morgan fingerprint density at radius 2 is 1.11 bits per heavy atom. The molecule has 0 aliphatic carbocycles. The Balaban J connectivity index is 1.24. The Labute approximate surface area is 208 Å². The minimum absolute atomic E-state index is 0.914. The quantitative estimate of drug-likeness (QED) is 0.256. The lowest BCUT2D eigenvalue weighted by atomic mass is 9.90. The van der Waals surface area contributed by atoms with E-state index in [4.69, 9.17) is 9.15 Å². The van der Waals surface area contributed by atoms with E-state index in [0.29, 0.717) is 0 Å². The molecular weight excluding hydrogens is 440 g/mol. The van der Waals surface area contributed by atoms with Crippen LogP contribution in [0.15, 0.2) is 126 Å². The summed E-state index contributed by atoms with van der Waals surface area (Å²) in [5.41, 5.74) is 8.98. The molecule has 0 spiro atoms. The van der Waals surface area contributed by atoms with Crippen LogP contribution in [0.2, 0.25) is 0 Å². The molecule has 2 heterocycles. The predicted molar refractivity (Wildman–Crippen MR) is 148 cm³/mol. The smallest absolute Gasteiger partial charge is 0.135 e. The summed E-state index contributed by atoms with van der Waals surface area (Å²) in [6.07, 6.45) is 0. The number of ether oxygens (including phenoxy) is 1. The minimum Gasteiger partial charge on any atom is -0.456 e. The number of para-hydroxylation sites is 2. The fourth-order valence-electron chi connectivity index (χ4n) is 5.58. The summed E-state index contributed by atoms with van der Waals surface area (Å²) in [7, 11) is 0. The van der Waals surface area contributed by atoms with Crippen LogP contribution in [0, 0.1) is 0 Å². The van der Waals surface area contributed by atoms with Gasteiger partial charge in [-0.15, -0.1) is 0 Å². The summed E-state index contributed by atoms with van der Waals surface area (Å²) in [4.78, 5) is 0. The number of hydrogen-bond acceptors (Lipinski definition) is 2. The molecule has 1 aromatic heterocycles. The van der Waals surface area contributed by atoms with Gasteiger partial charge in [0.05, 0.1) is 0 Å². The standard InChI is InChI=1S/C34H20O2/c1-3-10-30-25(6-1)28-9-5-8-27-24(17-19-33(36-30)34(27)28)22-14-12-21(13-15-22)23-16-18-32-29(20-23)26-7-2-4-11-31(26)35-32/h1-20H. The Morgan fingerprint density at radius 3 is 2.06 bits per heavy atom. The van der Waals surface area contributed by atoms with Crippen molar-refractivity contribution < 1.29 is 9.15 Å². The van der Waals surface area contributed by atoms with Gasteiger partial charge in [-0.2, -0.15) is 0 Å². The summed E-state index contributed by atoms with van der Waals surface area (Å²) in [5.74, 6) is 1.83. The molecule has 2 nitrogen and oxygen atoms in total. The average molecular weight is 461 g/mol. The summed E-state index contributed by atoms with van der Waals surface area (Å²) in [6.45, 7) is 0. The molecule has 0 bridgehead atoms. The third kappa shape index (κ3) is 2.79. The van der Waals surface area contributed by atoms with Crippen molar-refractivity contribution in [3.8, 4) is 44.9 Å². The molecule has 7 aromatic rings. The highest BCUT2D eigenvalue weighted by molar-refractivity contribution is 6.10. The van der Waals surface area contributed by atoms with Crippen LogP contribution in [0.1, 0.15) is 0 Å². The first-order valence-electron chi connectivity index (χ1n) is 12.2. The highest BCUT2D eigenvalue weighted by Crippen LogP contribution is 2.48. The van der Waals surface area contributed by atoms with Gasteiger partial charge < -0.3 is 9.15 Å². The number of rotatable bonds is 2. The topological polar surface area (TPSA) is 22.4 Å². The van der Waals surface area contributed by atoms with Crippen molar-refractivity contribution in [3.63, 3.8) is 0 Å². The second-order valence-electron chi connectivity index (χ2n) is 9.32. The third-order valence-electron chi connectivity index (χ3n) is 7.31. The Bertz CT molecular complexity index is 1960. The van der Waals surface area contributed by atoms with E-state index in [-0.39, 0.29) is 0 Å². The SMILES string of the molecule is c1ccc2c(c1)Oc1ccc(-c3ccc(-c4ccc5oc6ccccc6c5c4)cc3)c3cccc-2c13. The molecule has 1 aliphatic heterocycles. The van der Waals surface area contributed by atoms with Crippen molar-refractivity contribution >= 4 is 32.7 Å². The van der Waals surface area contributed by atoms with Crippen LogP contribution in [-0.4, -0.2) is 0 Å². The summed E-state index contributed by atoms with van der Waals surface area (Å²) in [6, 6.07) is 42.6. The fraction of sp³-hybridized carbons (Fsp3) is 0. The van der Waals surface area contributed by atoms with Crippen LogP contribution in [0.4, 0.5) is 0 Å². The van der Waals surface area contributed by atoms with Crippen LogP contribution < -0.4 is 4.74 Å². The summed E-state index contributed by atoms with van der Waals surface area (Å²) in [5, 5.41) is 4.68. The zero-order chi connectivity index (χ0) is 23.6. The van der Waals surface area contributed by atoms with E-state index in [2.05, 4.69) is 97.1 Å². The first kappa shape index (κ1) is 19.5. The largest absolute Gasteiger partial charge is 0.456 e. The Kier molecular flexibility index (Phi) is 3.97. The van der Waals surface area contributed by atoms with E-state index in [9.17, 15) is 0 Å². The van der Waals surface area contributed by atoms with E-state index in [0.717, 1.165) is 39.0 Å². The van der Waals surface area contributed by atoms with Gasteiger partial charge >= 0.3 is 0 Å². The van der Waals surface area contributed by atoms with Gasteiger partial charge in [0, 0.05) is 21.7 Å². The molecular formula is C34H20O2. The highest BCUT2D eigenvalue weighted by atomic mass is 16.5. The predicted octanol–water partition coefficient (Wildman–Crippen LogP) is 9.85. The van der Waals surface area contributed by atoms with Crippen molar-refractivity contribution in [3.05, 3.63) is 121 Å². The number of benzene rings is 6. The molecule has 2 heteroatoms. The lowest BCUT2D eigenvalue weighted by molar-refractivity contribution is 0.487. The molecule has 0 N–H and O–H groups in total. The zero-order valence-corrected chi connectivity index (χ0v) is 19.4. The van der Waals surface area contributed by atoms with Crippen LogP contribution >= 0.6 is 0 Å². The monoisotopic (exact) mass is 460 g/mol. The van der Waals surface area contributed by atoms with E-state index in [1.54, 1.807) is 0 Å². The molecule has 1 aliphatic rings. The molecule has 6 aromatic carbocycles. The van der Waals surface area contributed by atoms with Gasteiger partial charge in [0.2, 0.25) is 0 Å². The van der Waals surface area contributed by atoms with E-state index in [1.165, 1.54) is 38.6 Å². The van der Waals surface area contributed by atoms with Crippen LogP contribution in [0.3, 0.4) is 0 Å². The highest BCUT2D eigenvalue weighted by Gasteiger charge is 2.21. The number of hydrogen-bond donors (Lipinski definition) is 0. The van der Waals surface area contributed by atoms with Gasteiger partial charge in [0.1, 0.15) is 22.7 Å². The van der Waals surface area contributed by atoms with Crippen LogP contribution in [0.5, 0.6) is 11.5 Å². The number of furan rings is 1. The molecule has 8 rings (SSSR count). The van der Waals surface area contributed by atoms with Crippen molar-refractivity contribution in [1.29, 1.82) is 0 Å². The van der Waals surface area contributed by atoms with Gasteiger partial charge in [0.15, 0.2) is 0 Å². The molecule has 0 fully saturated rings. The van der Waals surface area contributed by atoms with Gasteiger partial charge in [-0.3, -0.25) is 0 Å². The van der Waals surface area contributed by atoms with Crippen LogP contribution in [0.25, 0.3) is 66.1 Å². The molecule has 0 saturated heterocycles. The van der Waals surface area contributed by atoms with E-state index >= 15 is 0 Å². The lowest BCUT2D eigenvalue weighted by Gasteiger charge is -2.22. The molecule has 0 saturated carbocycles. The lowest BCUT2D eigenvalue weighted by Crippen LogP contribution is -1.97. The Hall–Kier alpha value is -4.82. The van der Waals surface area contributed by atoms with E-state index in [1.807, 2.05) is 24.3 Å². The maximum atomic E-state index is 6.27. The first-order chi connectivity index (χ1) is 17.8. The van der Waals surface area contributed by atoms with Crippen molar-refractivity contribution in [1.82, 2.24) is 0 Å². The van der Waals surface area contributed by atoms with Crippen LogP contribution in [-0.2, 0) is 0 Å². The van der Waals surface area contributed by atoms with Gasteiger partial charge in [-0.1, -0.05) is 91.0 Å². The van der Waals surface area contributed by atoms with Crippen molar-refractivity contribution in [2.75, 3.05) is 0 Å². The van der Waals surface area contributed by atoms with Gasteiger partial charge in [-0.25, -0.2) is 0 Å². The first-order valence-corrected chi connectivity index (χ1v) is 12.2. The number of fused-ring (bicyclic) bond motifs is 5. The normalized spacial score (nSPS) is 12.1. The van der Waals surface area contributed by atoms with Gasteiger partial charge in [0.25, 0.3) is 0 Å². The van der Waals surface area contributed by atoms with E-state index < -0.39 is 0 Å². The van der Waals surface area contributed by atoms with Crippen molar-refractivity contribution in [2.45, 2.75) is 0 Å². The molecule has 0 atom stereocenters. The maximum Gasteiger partial charge on any atom is 0.135 e. The zero-order valence-electron chi connectivity index (χ0n) is 19.4. The molecule has 0 unspecified atom stereocenters. The Morgan fingerprint density at radius 1 is 0.389 bits per heavy atom. The fourth-order valence-corrected chi connectivity index (χ4v) is 5.58. The summed E-state index contributed by atoms with van der Waals surface area (Å²) < 4.78 is 12.3. The third-order valence-corrected chi connectivity index (χ3v) is 7.31. The van der Waals surface area contributed by atoms with Gasteiger partial charge in [-0.05, 0) is 63.5 Å². The molecule has 168 valence electrons. The molecule has 36 heavy (non-hydrogen) atoms. The molecule has 0 amide bonds. The second-order valence-corrected chi connectivity index (χ2v) is 9.32. The average Bonchev–Trinajstić information content (AvgIpc) is 3.32. The minimum atomic E-state index is 0.914. The maximum absolute atomic E-state index is 6.27. The molecule has 0 radical (unpaired) electrons. The van der Waals surface area contributed by atoms with Crippen molar-refractivity contribution in [2.24, 2.45) is 0 Å². The summed E-state index contributed by atoms with van der Waals surface area (Å²) >= 11 is 0. The second kappa shape index (κ2) is 7.34.